The Balaban J connectivity index is 1.48. The molecule has 2 aliphatic heterocycles. The summed E-state index contributed by atoms with van der Waals surface area (Å²) < 4.78 is 0.600. The van der Waals surface area contributed by atoms with Gasteiger partial charge in [-0.1, -0.05) is 11.6 Å². The Bertz CT molecular complexity index is 932. The zero-order valence-electron chi connectivity index (χ0n) is 18.2. The molecule has 1 fully saturated rings. The maximum Gasteiger partial charge on any atom is 0.264 e. The Kier molecular flexibility index (Phi) is 7.03. The number of carbonyl (C=O) groups excluding carboxylic acids is 2. The van der Waals surface area contributed by atoms with Crippen molar-refractivity contribution in [3.8, 4) is 0 Å². The number of thiophene rings is 2. The van der Waals surface area contributed by atoms with Gasteiger partial charge in [0, 0.05) is 43.1 Å². The van der Waals surface area contributed by atoms with Crippen LogP contribution in [0.4, 0.5) is 0 Å². The molecule has 0 spiro atoms. The van der Waals surface area contributed by atoms with E-state index in [4.69, 9.17) is 11.6 Å². The van der Waals surface area contributed by atoms with Crippen LogP contribution in [0.15, 0.2) is 18.2 Å². The molecule has 4 rings (SSSR count). The molecule has 168 valence electrons. The maximum atomic E-state index is 13.5. The van der Waals surface area contributed by atoms with Crippen LogP contribution in [0, 0.1) is 0 Å². The number of halogens is 1. The van der Waals surface area contributed by atoms with Gasteiger partial charge in [0.2, 0.25) is 0 Å². The average molecular weight is 481 g/mol. The summed E-state index contributed by atoms with van der Waals surface area (Å²) in [4.78, 5) is 35.3. The molecule has 2 atom stereocenters. The zero-order valence-corrected chi connectivity index (χ0v) is 20.6. The largest absolute Gasteiger partial charge is 0.347 e. The third kappa shape index (κ3) is 5.31. The molecule has 1 N–H and O–H groups in total. The van der Waals surface area contributed by atoms with Gasteiger partial charge in [0.15, 0.2) is 0 Å². The Labute approximate surface area is 196 Å². The number of nitrogens with zero attached hydrogens (tertiary/aromatic N) is 3. The van der Waals surface area contributed by atoms with Crippen LogP contribution in [0.1, 0.15) is 36.2 Å². The molecule has 31 heavy (non-hydrogen) atoms. The Morgan fingerprint density at radius 2 is 1.97 bits per heavy atom. The molecule has 4 heterocycles. The van der Waals surface area contributed by atoms with E-state index in [0.29, 0.717) is 15.8 Å². The highest BCUT2D eigenvalue weighted by atomic mass is 35.5. The molecule has 0 saturated carbocycles. The Morgan fingerprint density at radius 1 is 1.19 bits per heavy atom. The summed E-state index contributed by atoms with van der Waals surface area (Å²) in [5.74, 6) is -0.0269. The van der Waals surface area contributed by atoms with Gasteiger partial charge in [-0.2, -0.15) is 0 Å². The molecule has 2 aromatic rings. The monoisotopic (exact) mass is 480 g/mol. The third-order valence-electron chi connectivity index (χ3n) is 5.97. The molecule has 0 aliphatic carbocycles. The summed E-state index contributed by atoms with van der Waals surface area (Å²) in [5, 5.41) is 3.11. The fraction of sp³-hybridized carbons (Fsp3) is 0.545. The summed E-state index contributed by atoms with van der Waals surface area (Å²) in [6.45, 7) is 3.38. The molecule has 0 bridgehead atoms. The van der Waals surface area contributed by atoms with Crippen molar-refractivity contribution in [3.63, 3.8) is 0 Å². The number of hydrogen-bond donors (Lipinski definition) is 1. The van der Waals surface area contributed by atoms with Crippen molar-refractivity contribution in [2.45, 2.75) is 31.3 Å². The topological polar surface area (TPSA) is 55.9 Å². The summed E-state index contributed by atoms with van der Waals surface area (Å²) in [7, 11) is 6.19. The first-order chi connectivity index (χ1) is 14.8. The van der Waals surface area contributed by atoms with E-state index in [9.17, 15) is 9.59 Å². The number of likely N-dealkylation sites (tertiary alicyclic amines) is 1. The highest BCUT2D eigenvalue weighted by Crippen LogP contribution is 2.30. The first-order valence-electron chi connectivity index (χ1n) is 10.6. The van der Waals surface area contributed by atoms with Gasteiger partial charge in [-0.3, -0.25) is 9.59 Å². The van der Waals surface area contributed by atoms with E-state index in [1.54, 1.807) is 23.5 Å². The highest BCUT2D eigenvalue weighted by molar-refractivity contribution is 7.18. The highest BCUT2D eigenvalue weighted by Gasteiger charge is 2.37. The molecule has 9 heteroatoms. The van der Waals surface area contributed by atoms with E-state index in [0.717, 1.165) is 43.8 Å². The van der Waals surface area contributed by atoms with E-state index in [-0.39, 0.29) is 23.9 Å². The number of carbonyl (C=O) groups is 2. The molecular weight excluding hydrogens is 452 g/mol. The van der Waals surface area contributed by atoms with Gasteiger partial charge in [-0.15, -0.1) is 22.7 Å². The lowest BCUT2D eigenvalue weighted by Crippen LogP contribution is -2.41. The number of fused-ring (bicyclic) bond motifs is 1. The predicted octanol–water partition coefficient (Wildman–Crippen LogP) is 3.07. The minimum Gasteiger partial charge on any atom is -0.347 e. The lowest BCUT2D eigenvalue weighted by atomic mass is 10.1. The van der Waals surface area contributed by atoms with Crippen LogP contribution in [-0.4, -0.2) is 85.9 Å². The number of nitrogens with one attached hydrogen (secondary N) is 1. The second kappa shape index (κ2) is 9.58. The second-order valence-corrected chi connectivity index (χ2v) is 11.6. The van der Waals surface area contributed by atoms with E-state index in [2.05, 4.69) is 28.2 Å². The second-order valence-electron chi connectivity index (χ2n) is 8.75. The molecule has 0 radical (unpaired) electrons. The van der Waals surface area contributed by atoms with Crippen molar-refractivity contribution < 1.29 is 9.59 Å². The molecule has 2 aromatic heterocycles. The van der Waals surface area contributed by atoms with Crippen molar-refractivity contribution in [2.75, 3.05) is 47.3 Å². The number of likely N-dealkylation sites (N-methyl/N-ethyl adjacent to an activating group) is 2. The SMILES string of the molecule is CN(C)CC1CC(NC(=O)c2ccc(Cl)s2)CN1C(=O)c1cc2c(s1)CCN(C)CC2. The van der Waals surface area contributed by atoms with Crippen molar-refractivity contribution in [1.29, 1.82) is 0 Å². The van der Waals surface area contributed by atoms with Crippen molar-refractivity contribution in [2.24, 2.45) is 0 Å². The van der Waals surface area contributed by atoms with Gasteiger partial charge in [-0.25, -0.2) is 0 Å². The first-order valence-corrected chi connectivity index (χ1v) is 12.6. The van der Waals surface area contributed by atoms with Crippen LogP contribution in [0.3, 0.4) is 0 Å². The zero-order chi connectivity index (χ0) is 22.1. The fourth-order valence-electron chi connectivity index (χ4n) is 4.41. The van der Waals surface area contributed by atoms with Crippen LogP contribution in [0.2, 0.25) is 4.34 Å². The molecule has 1 saturated heterocycles. The smallest absolute Gasteiger partial charge is 0.264 e. The quantitative estimate of drug-likeness (QED) is 0.714. The molecular formula is C22H29ClN4O2S2. The van der Waals surface area contributed by atoms with E-state index in [1.807, 2.05) is 19.0 Å². The number of amides is 2. The van der Waals surface area contributed by atoms with Gasteiger partial charge in [0.05, 0.1) is 14.1 Å². The molecule has 2 amide bonds. The summed E-state index contributed by atoms with van der Waals surface area (Å²) in [6.07, 6.45) is 2.76. The number of hydrogen-bond acceptors (Lipinski definition) is 6. The van der Waals surface area contributed by atoms with Crippen LogP contribution in [0.5, 0.6) is 0 Å². The minimum atomic E-state index is -0.119. The van der Waals surface area contributed by atoms with Crippen LogP contribution in [-0.2, 0) is 12.8 Å². The van der Waals surface area contributed by atoms with E-state index in [1.165, 1.54) is 21.8 Å². The summed E-state index contributed by atoms with van der Waals surface area (Å²) in [6, 6.07) is 5.60. The summed E-state index contributed by atoms with van der Waals surface area (Å²) >= 11 is 8.90. The minimum absolute atomic E-state index is 0.0614. The average Bonchev–Trinajstić information content (AvgIpc) is 3.40. The van der Waals surface area contributed by atoms with Crippen molar-refractivity contribution >= 4 is 46.1 Å². The standard InChI is InChI=1S/C22H29ClN4O2S2/c1-25(2)13-16-11-15(24-21(28)18-4-5-20(23)31-18)12-27(16)22(29)19-10-14-6-8-26(3)9-7-17(14)30-19/h4-5,10,15-16H,6-9,11-13H2,1-3H3,(H,24,28). The third-order valence-corrected chi connectivity index (χ3v) is 8.43. The number of rotatable bonds is 5. The van der Waals surface area contributed by atoms with Crippen LogP contribution >= 0.6 is 34.3 Å². The van der Waals surface area contributed by atoms with Gasteiger partial charge in [0.25, 0.3) is 11.8 Å². The first kappa shape index (κ1) is 22.7. The van der Waals surface area contributed by atoms with Crippen LogP contribution in [0.25, 0.3) is 0 Å². The predicted molar refractivity (Wildman–Crippen MR) is 128 cm³/mol. The molecule has 2 aliphatic rings. The van der Waals surface area contributed by atoms with E-state index < -0.39 is 0 Å². The van der Waals surface area contributed by atoms with Gasteiger partial charge in [-0.05, 0) is 64.2 Å². The summed E-state index contributed by atoms with van der Waals surface area (Å²) in [5.41, 5.74) is 1.32. The molecule has 2 unspecified atom stereocenters. The fourth-order valence-corrected chi connectivity index (χ4v) is 6.51. The van der Waals surface area contributed by atoms with Crippen molar-refractivity contribution in [1.82, 2.24) is 20.0 Å². The maximum absolute atomic E-state index is 13.5. The Morgan fingerprint density at radius 3 is 2.68 bits per heavy atom. The Hall–Kier alpha value is -1.45. The normalized spacial score (nSPS) is 21.9. The van der Waals surface area contributed by atoms with Crippen LogP contribution < -0.4 is 5.32 Å². The van der Waals surface area contributed by atoms with Gasteiger partial charge in [0.1, 0.15) is 0 Å². The van der Waals surface area contributed by atoms with E-state index >= 15 is 0 Å². The van der Waals surface area contributed by atoms with Crippen molar-refractivity contribution in [3.05, 3.63) is 42.7 Å². The molecule has 0 aromatic carbocycles. The van der Waals surface area contributed by atoms with Gasteiger partial charge < -0.3 is 20.0 Å². The molecule has 6 nitrogen and oxygen atoms in total. The lowest BCUT2D eigenvalue weighted by Gasteiger charge is -2.26. The lowest BCUT2D eigenvalue weighted by molar-refractivity contribution is 0.0716. The van der Waals surface area contributed by atoms with Gasteiger partial charge >= 0.3 is 0 Å².